The van der Waals surface area contributed by atoms with Crippen molar-refractivity contribution in [1.29, 1.82) is 0 Å². The van der Waals surface area contributed by atoms with E-state index in [1.807, 2.05) is 5.38 Å². The van der Waals surface area contributed by atoms with Crippen LogP contribution in [0.1, 0.15) is 58.1 Å². The van der Waals surface area contributed by atoms with Gasteiger partial charge in [-0.25, -0.2) is 4.98 Å². The van der Waals surface area contributed by atoms with Crippen LogP contribution in [0.25, 0.3) is 0 Å². The third-order valence-corrected chi connectivity index (χ3v) is 4.06. The summed E-state index contributed by atoms with van der Waals surface area (Å²) < 4.78 is 4.64. The van der Waals surface area contributed by atoms with Gasteiger partial charge in [0.1, 0.15) is 0 Å². The minimum atomic E-state index is -0.181. The summed E-state index contributed by atoms with van der Waals surface area (Å²) in [6.45, 7) is 4.43. The standard InChI is InChI=1S/C15H26N2O2S/c1-4-6-8-12(7-5-2)16-15-17-13(11-20-15)9-10-14(18)19-3/h11-12H,4-10H2,1-3H3,(H,16,17). The molecule has 20 heavy (non-hydrogen) atoms. The van der Waals surface area contributed by atoms with E-state index in [1.165, 1.54) is 39.2 Å². The fraction of sp³-hybridized carbons (Fsp3) is 0.733. The van der Waals surface area contributed by atoms with Crippen LogP contribution in [0.2, 0.25) is 0 Å². The summed E-state index contributed by atoms with van der Waals surface area (Å²) >= 11 is 1.62. The molecule has 5 heteroatoms. The molecule has 0 aliphatic heterocycles. The zero-order valence-corrected chi connectivity index (χ0v) is 13.6. The zero-order valence-electron chi connectivity index (χ0n) is 12.8. The Kier molecular flexibility index (Phi) is 8.26. The molecule has 1 aromatic heterocycles. The Morgan fingerprint density at radius 3 is 2.85 bits per heavy atom. The Morgan fingerprint density at radius 2 is 2.20 bits per heavy atom. The number of anilines is 1. The SMILES string of the molecule is CCCCC(CCC)Nc1nc(CCC(=O)OC)cs1. The molecule has 0 fully saturated rings. The van der Waals surface area contributed by atoms with Gasteiger partial charge in [0.05, 0.1) is 19.2 Å². The fourth-order valence-corrected chi connectivity index (χ4v) is 2.91. The molecule has 1 heterocycles. The molecule has 1 rings (SSSR count). The monoisotopic (exact) mass is 298 g/mol. The molecule has 0 aliphatic rings. The second-order valence-corrected chi connectivity index (χ2v) is 5.85. The second-order valence-electron chi connectivity index (χ2n) is 4.99. The summed E-state index contributed by atoms with van der Waals surface area (Å²) in [6.07, 6.45) is 7.08. The minimum absolute atomic E-state index is 0.181. The van der Waals surface area contributed by atoms with Gasteiger partial charge in [0.25, 0.3) is 0 Å². The number of carbonyl (C=O) groups is 1. The maximum absolute atomic E-state index is 11.1. The third-order valence-electron chi connectivity index (χ3n) is 3.24. The largest absolute Gasteiger partial charge is 0.469 e. The van der Waals surface area contributed by atoms with Crippen molar-refractivity contribution in [2.24, 2.45) is 0 Å². The molecule has 0 radical (unpaired) electrons. The van der Waals surface area contributed by atoms with Crippen LogP contribution >= 0.6 is 11.3 Å². The van der Waals surface area contributed by atoms with Crippen LogP contribution in [0.3, 0.4) is 0 Å². The summed E-state index contributed by atoms with van der Waals surface area (Å²) in [7, 11) is 1.42. The number of aryl methyl sites for hydroxylation is 1. The number of ether oxygens (including phenoxy) is 1. The maximum atomic E-state index is 11.1. The Labute approximate surface area is 125 Å². The molecule has 0 aliphatic carbocycles. The lowest BCUT2D eigenvalue weighted by Gasteiger charge is -2.16. The van der Waals surface area contributed by atoms with Crippen LogP contribution in [0.4, 0.5) is 5.13 Å². The highest BCUT2D eigenvalue weighted by Crippen LogP contribution is 2.20. The number of unbranched alkanes of at least 4 members (excludes halogenated alkanes) is 1. The Morgan fingerprint density at radius 1 is 1.40 bits per heavy atom. The molecule has 0 aromatic carbocycles. The highest BCUT2D eigenvalue weighted by Gasteiger charge is 2.10. The van der Waals surface area contributed by atoms with Crippen molar-refractivity contribution in [3.8, 4) is 0 Å². The quantitative estimate of drug-likeness (QED) is 0.663. The molecule has 0 amide bonds. The van der Waals surface area contributed by atoms with Gasteiger partial charge in [-0.2, -0.15) is 0 Å². The van der Waals surface area contributed by atoms with E-state index in [2.05, 4.69) is 28.9 Å². The predicted octanol–water partition coefficient (Wildman–Crippen LogP) is 4.02. The van der Waals surface area contributed by atoms with Crippen molar-refractivity contribution in [3.63, 3.8) is 0 Å². The summed E-state index contributed by atoms with van der Waals surface area (Å²) in [4.78, 5) is 15.7. The van der Waals surface area contributed by atoms with Gasteiger partial charge < -0.3 is 10.1 Å². The lowest BCUT2D eigenvalue weighted by Crippen LogP contribution is -2.19. The molecule has 4 nitrogen and oxygen atoms in total. The van der Waals surface area contributed by atoms with Crippen LogP contribution in [0.5, 0.6) is 0 Å². The van der Waals surface area contributed by atoms with Gasteiger partial charge >= 0.3 is 5.97 Å². The molecular formula is C15H26N2O2S. The first-order valence-corrected chi connectivity index (χ1v) is 8.35. The van der Waals surface area contributed by atoms with Crippen molar-refractivity contribution in [2.45, 2.75) is 64.8 Å². The molecule has 114 valence electrons. The van der Waals surface area contributed by atoms with E-state index in [0.717, 1.165) is 10.8 Å². The van der Waals surface area contributed by atoms with Crippen molar-refractivity contribution >= 4 is 22.4 Å². The Hall–Kier alpha value is -1.10. The molecule has 0 saturated carbocycles. The van der Waals surface area contributed by atoms with Crippen molar-refractivity contribution < 1.29 is 9.53 Å². The number of methoxy groups -OCH3 is 1. The van der Waals surface area contributed by atoms with E-state index in [9.17, 15) is 4.79 Å². The van der Waals surface area contributed by atoms with Gasteiger partial charge in [-0.05, 0) is 12.8 Å². The first-order chi connectivity index (χ1) is 9.69. The van der Waals surface area contributed by atoms with Crippen molar-refractivity contribution in [1.82, 2.24) is 4.98 Å². The summed E-state index contributed by atoms with van der Waals surface area (Å²) in [5.41, 5.74) is 0.966. The van der Waals surface area contributed by atoms with Crippen LogP contribution in [0, 0.1) is 0 Å². The van der Waals surface area contributed by atoms with E-state index in [1.54, 1.807) is 11.3 Å². The molecule has 0 spiro atoms. The van der Waals surface area contributed by atoms with Gasteiger partial charge in [-0.3, -0.25) is 4.79 Å². The maximum Gasteiger partial charge on any atom is 0.305 e. The van der Waals surface area contributed by atoms with Crippen molar-refractivity contribution in [3.05, 3.63) is 11.1 Å². The fourth-order valence-electron chi connectivity index (χ4n) is 2.08. The van der Waals surface area contributed by atoms with E-state index < -0.39 is 0 Å². The second kappa shape index (κ2) is 9.75. The smallest absolute Gasteiger partial charge is 0.305 e. The van der Waals surface area contributed by atoms with Crippen LogP contribution in [-0.4, -0.2) is 24.1 Å². The molecule has 1 aromatic rings. The Balaban J connectivity index is 2.45. The molecule has 1 unspecified atom stereocenters. The van der Waals surface area contributed by atoms with Gasteiger partial charge in [0.2, 0.25) is 0 Å². The van der Waals surface area contributed by atoms with E-state index in [-0.39, 0.29) is 5.97 Å². The van der Waals surface area contributed by atoms with Gasteiger partial charge in [0.15, 0.2) is 5.13 Å². The number of esters is 1. The zero-order chi connectivity index (χ0) is 14.8. The van der Waals surface area contributed by atoms with E-state index in [0.29, 0.717) is 18.9 Å². The average molecular weight is 298 g/mol. The van der Waals surface area contributed by atoms with Gasteiger partial charge in [-0.1, -0.05) is 33.1 Å². The summed E-state index contributed by atoms with van der Waals surface area (Å²) in [5, 5.41) is 6.52. The van der Waals surface area contributed by atoms with Gasteiger partial charge in [0, 0.05) is 17.8 Å². The highest BCUT2D eigenvalue weighted by molar-refractivity contribution is 7.13. The molecule has 1 atom stereocenters. The van der Waals surface area contributed by atoms with Crippen LogP contribution < -0.4 is 5.32 Å². The first kappa shape index (κ1) is 17.0. The van der Waals surface area contributed by atoms with Crippen LogP contribution in [-0.2, 0) is 16.0 Å². The lowest BCUT2D eigenvalue weighted by atomic mass is 10.1. The number of carbonyl (C=O) groups excluding carboxylic acids is 1. The number of hydrogen-bond acceptors (Lipinski definition) is 5. The molecule has 1 N–H and O–H groups in total. The van der Waals surface area contributed by atoms with Crippen LogP contribution in [0.15, 0.2) is 5.38 Å². The van der Waals surface area contributed by atoms with E-state index in [4.69, 9.17) is 0 Å². The lowest BCUT2D eigenvalue weighted by molar-refractivity contribution is -0.140. The number of nitrogens with zero attached hydrogens (tertiary/aromatic N) is 1. The number of rotatable bonds is 10. The topological polar surface area (TPSA) is 51.2 Å². The number of hydrogen-bond donors (Lipinski definition) is 1. The molecule has 0 bridgehead atoms. The minimum Gasteiger partial charge on any atom is -0.469 e. The van der Waals surface area contributed by atoms with Crippen molar-refractivity contribution in [2.75, 3.05) is 12.4 Å². The normalized spacial score (nSPS) is 12.2. The summed E-state index contributed by atoms with van der Waals surface area (Å²) in [6, 6.07) is 0.513. The highest BCUT2D eigenvalue weighted by atomic mass is 32.1. The number of nitrogens with one attached hydrogen (secondary N) is 1. The molecule has 0 saturated heterocycles. The average Bonchev–Trinajstić information content (AvgIpc) is 2.90. The third kappa shape index (κ3) is 6.37. The molecular weight excluding hydrogens is 272 g/mol. The van der Waals surface area contributed by atoms with Gasteiger partial charge in [-0.15, -0.1) is 11.3 Å². The number of thiazole rings is 1. The summed E-state index contributed by atoms with van der Waals surface area (Å²) in [5.74, 6) is -0.181. The van der Waals surface area contributed by atoms with E-state index >= 15 is 0 Å². The number of aromatic nitrogens is 1. The predicted molar refractivity (Wildman–Crippen MR) is 84.3 cm³/mol. The first-order valence-electron chi connectivity index (χ1n) is 7.47. The Bertz CT molecular complexity index is 393.